The highest BCUT2D eigenvalue weighted by atomic mass is 19.1. The van der Waals surface area contributed by atoms with Gasteiger partial charge in [-0.2, -0.15) is 0 Å². The van der Waals surface area contributed by atoms with Crippen LogP contribution in [-0.2, 0) is 24.1 Å². The Kier molecular flexibility index (Phi) is 3.95. The van der Waals surface area contributed by atoms with Gasteiger partial charge < -0.3 is 10.8 Å². The Morgan fingerprint density at radius 3 is 2.79 bits per heavy atom. The Balaban J connectivity index is 2.61. The van der Waals surface area contributed by atoms with Crippen LogP contribution < -0.4 is 5.73 Å². The molecule has 0 radical (unpaired) electrons. The van der Waals surface area contributed by atoms with Gasteiger partial charge in [-0.15, -0.1) is 0 Å². The first kappa shape index (κ1) is 13.7. The first-order valence-electron chi connectivity index (χ1n) is 6.30. The molecule has 1 aliphatic carbocycles. The molecule has 0 spiro atoms. The van der Waals surface area contributed by atoms with E-state index in [-0.39, 0.29) is 25.2 Å². The number of ketones is 1. The fourth-order valence-electron chi connectivity index (χ4n) is 2.68. The third kappa shape index (κ3) is 2.66. The summed E-state index contributed by atoms with van der Waals surface area (Å²) in [5.41, 5.74) is 6.97. The molecule has 0 saturated carbocycles. The molecule has 0 atom stereocenters. The van der Waals surface area contributed by atoms with Crippen LogP contribution in [0, 0.1) is 5.82 Å². The van der Waals surface area contributed by atoms with Gasteiger partial charge in [0.2, 0.25) is 5.91 Å². The summed E-state index contributed by atoms with van der Waals surface area (Å²) in [5, 5.41) is 9.00. The summed E-state index contributed by atoms with van der Waals surface area (Å²) in [6.07, 6.45) is 1.72. The van der Waals surface area contributed by atoms with Gasteiger partial charge in [0.05, 0.1) is 6.42 Å². The SMILES string of the molecule is NC(=O)Cc1cc(F)c(CCO)c2c1C(=O)CCC2. The molecule has 5 heteroatoms. The summed E-state index contributed by atoms with van der Waals surface area (Å²) in [6, 6.07) is 1.21. The van der Waals surface area contributed by atoms with Crippen molar-refractivity contribution in [2.24, 2.45) is 5.73 Å². The molecule has 0 aromatic heterocycles. The third-order valence-corrected chi connectivity index (χ3v) is 3.41. The second kappa shape index (κ2) is 5.48. The molecule has 1 aromatic carbocycles. The molecule has 0 heterocycles. The summed E-state index contributed by atoms with van der Waals surface area (Å²) in [6.45, 7) is -0.174. The van der Waals surface area contributed by atoms with Gasteiger partial charge in [-0.3, -0.25) is 9.59 Å². The van der Waals surface area contributed by atoms with Crippen molar-refractivity contribution in [2.75, 3.05) is 6.61 Å². The monoisotopic (exact) mass is 265 g/mol. The van der Waals surface area contributed by atoms with Crippen LogP contribution in [0.15, 0.2) is 6.07 Å². The standard InChI is InChI=1S/C14H16FNO3/c15-11-6-8(7-13(16)19)14-10(9(11)4-5-17)2-1-3-12(14)18/h6,17H,1-5,7H2,(H2,16,19). The fraction of sp³-hybridized carbons (Fsp3) is 0.429. The van der Waals surface area contributed by atoms with E-state index in [0.29, 0.717) is 41.5 Å². The smallest absolute Gasteiger partial charge is 0.221 e. The van der Waals surface area contributed by atoms with Crippen LogP contribution >= 0.6 is 0 Å². The van der Waals surface area contributed by atoms with Crippen LogP contribution in [0.1, 0.15) is 39.9 Å². The minimum Gasteiger partial charge on any atom is -0.396 e. The van der Waals surface area contributed by atoms with Gasteiger partial charge in [0, 0.05) is 18.6 Å². The van der Waals surface area contributed by atoms with E-state index in [4.69, 9.17) is 10.8 Å². The summed E-state index contributed by atoms with van der Waals surface area (Å²) in [7, 11) is 0. The van der Waals surface area contributed by atoms with E-state index in [0.717, 1.165) is 0 Å². The van der Waals surface area contributed by atoms with Crippen molar-refractivity contribution in [3.05, 3.63) is 34.1 Å². The van der Waals surface area contributed by atoms with Crippen LogP contribution in [-0.4, -0.2) is 23.4 Å². The zero-order chi connectivity index (χ0) is 14.0. The lowest BCUT2D eigenvalue weighted by Crippen LogP contribution is -2.22. The number of carbonyl (C=O) groups is 2. The molecule has 2 rings (SSSR count). The normalized spacial score (nSPS) is 14.3. The average Bonchev–Trinajstić information content (AvgIpc) is 2.33. The summed E-state index contributed by atoms with van der Waals surface area (Å²) < 4.78 is 14.0. The first-order valence-corrected chi connectivity index (χ1v) is 6.30. The van der Waals surface area contributed by atoms with Crippen molar-refractivity contribution in [2.45, 2.75) is 32.1 Å². The molecule has 0 saturated heterocycles. The van der Waals surface area contributed by atoms with Crippen molar-refractivity contribution in [3.63, 3.8) is 0 Å². The number of benzene rings is 1. The predicted octanol–water partition coefficient (Wildman–Crippen LogP) is 0.907. The maximum absolute atomic E-state index is 14.0. The van der Waals surface area contributed by atoms with Gasteiger partial charge in [-0.25, -0.2) is 4.39 Å². The Bertz CT molecular complexity index is 540. The largest absolute Gasteiger partial charge is 0.396 e. The van der Waals surface area contributed by atoms with Crippen LogP contribution in [0.2, 0.25) is 0 Å². The zero-order valence-corrected chi connectivity index (χ0v) is 10.5. The maximum atomic E-state index is 14.0. The Morgan fingerprint density at radius 1 is 1.42 bits per heavy atom. The number of fused-ring (bicyclic) bond motifs is 1. The molecule has 0 aliphatic heterocycles. The van der Waals surface area contributed by atoms with E-state index < -0.39 is 11.7 Å². The maximum Gasteiger partial charge on any atom is 0.221 e. The highest BCUT2D eigenvalue weighted by Crippen LogP contribution is 2.30. The number of rotatable bonds is 4. The van der Waals surface area contributed by atoms with Crippen LogP contribution in [0.25, 0.3) is 0 Å². The van der Waals surface area contributed by atoms with Gasteiger partial charge in [0.15, 0.2) is 5.78 Å². The van der Waals surface area contributed by atoms with E-state index in [1.165, 1.54) is 6.07 Å². The molecular weight excluding hydrogens is 249 g/mol. The molecule has 19 heavy (non-hydrogen) atoms. The predicted molar refractivity (Wildman–Crippen MR) is 67.4 cm³/mol. The molecule has 1 aromatic rings. The quantitative estimate of drug-likeness (QED) is 0.849. The fourth-order valence-corrected chi connectivity index (χ4v) is 2.68. The Labute approximate surface area is 110 Å². The lowest BCUT2D eigenvalue weighted by molar-refractivity contribution is -0.117. The molecule has 1 amide bonds. The molecule has 1 aliphatic rings. The van der Waals surface area contributed by atoms with E-state index in [9.17, 15) is 14.0 Å². The lowest BCUT2D eigenvalue weighted by atomic mass is 9.82. The Morgan fingerprint density at radius 2 is 2.16 bits per heavy atom. The van der Waals surface area contributed by atoms with Crippen LogP contribution in [0.4, 0.5) is 4.39 Å². The van der Waals surface area contributed by atoms with E-state index in [1.807, 2.05) is 0 Å². The number of carbonyl (C=O) groups excluding carboxylic acids is 2. The second-order valence-corrected chi connectivity index (χ2v) is 4.74. The average molecular weight is 265 g/mol. The summed E-state index contributed by atoms with van der Waals surface area (Å²) in [4.78, 5) is 23.1. The molecule has 0 fully saturated rings. The van der Waals surface area contributed by atoms with Gasteiger partial charge in [0.1, 0.15) is 5.82 Å². The number of aliphatic hydroxyl groups excluding tert-OH is 1. The number of hydrogen-bond donors (Lipinski definition) is 2. The molecule has 3 N–H and O–H groups in total. The number of amides is 1. The van der Waals surface area contributed by atoms with Crippen LogP contribution in [0.5, 0.6) is 0 Å². The van der Waals surface area contributed by atoms with Crippen molar-refractivity contribution in [3.8, 4) is 0 Å². The van der Waals surface area contributed by atoms with Crippen molar-refractivity contribution < 1.29 is 19.1 Å². The molecule has 0 unspecified atom stereocenters. The highest BCUT2D eigenvalue weighted by molar-refractivity contribution is 6.01. The molecular formula is C14H16FNO3. The summed E-state index contributed by atoms with van der Waals surface area (Å²) in [5.74, 6) is -1.13. The van der Waals surface area contributed by atoms with Crippen molar-refractivity contribution >= 4 is 11.7 Å². The Hall–Kier alpha value is -1.75. The first-order chi connectivity index (χ1) is 9.04. The van der Waals surface area contributed by atoms with Crippen molar-refractivity contribution in [1.29, 1.82) is 0 Å². The second-order valence-electron chi connectivity index (χ2n) is 4.74. The number of aliphatic hydroxyl groups is 1. The number of hydrogen-bond acceptors (Lipinski definition) is 3. The van der Waals surface area contributed by atoms with E-state index >= 15 is 0 Å². The van der Waals surface area contributed by atoms with Crippen LogP contribution in [0.3, 0.4) is 0 Å². The number of Topliss-reactive ketones (excluding diaryl/α,β-unsaturated/α-hetero) is 1. The number of halogens is 1. The third-order valence-electron chi connectivity index (χ3n) is 3.41. The van der Waals surface area contributed by atoms with E-state index in [1.54, 1.807) is 0 Å². The minimum absolute atomic E-state index is 0.0725. The number of nitrogens with two attached hydrogens (primary N) is 1. The van der Waals surface area contributed by atoms with Crippen molar-refractivity contribution in [1.82, 2.24) is 0 Å². The molecule has 102 valence electrons. The molecule has 4 nitrogen and oxygen atoms in total. The van der Waals surface area contributed by atoms with Gasteiger partial charge in [-0.1, -0.05) is 0 Å². The number of primary amides is 1. The van der Waals surface area contributed by atoms with E-state index in [2.05, 4.69) is 0 Å². The topological polar surface area (TPSA) is 80.4 Å². The van der Waals surface area contributed by atoms with Gasteiger partial charge >= 0.3 is 0 Å². The molecule has 0 bridgehead atoms. The minimum atomic E-state index is -0.588. The van der Waals surface area contributed by atoms with Gasteiger partial charge in [0.25, 0.3) is 0 Å². The lowest BCUT2D eigenvalue weighted by Gasteiger charge is -2.22. The van der Waals surface area contributed by atoms with Gasteiger partial charge in [-0.05, 0) is 42.0 Å². The highest BCUT2D eigenvalue weighted by Gasteiger charge is 2.26. The summed E-state index contributed by atoms with van der Waals surface area (Å²) >= 11 is 0. The zero-order valence-electron chi connectivity index (χ0n) is 10.5.